The topological polar surface area (TPSA) is 60.2 Å². The largest absolute Gasteiger partial charge is 0.360 e. The lowest BCUT2D eigenvalue weighted by Crippen LogP contribution is -2.19. The lowest BCUT2D eigenvalue weighted by Gasteiger charge is -2.17. The summed E-state index contributed by atoms with van der Waals surface area (Å²) in [6.45, 7) is 1.93. The number of rotatable bonds is 4. The molecule has 4 heteroatoms. The quantitative estimate of drug-likeness (QED) is 0.869. The van der Waals surface area contributed by atoms with E-state index in [0.29, 0.717) is 0 Å². The van der Waals surface area contributed by atoms with Gasteiger partial charge in [0.1, 0.15) is 6.29 Å². The third kappa shape index (κ3) is 3.15. The Bertz CT molecular complexity index is 612. The molecular formula is C15H15NO2S. The van der Waals surface area contributed by atoms with Gasteiger partial charge in [0.15, 0.2) is 0 Å². The van der Waals surface area contributed by atoms with Crippen molar-refractivity contribution in [1.29, 1.82) is 0 Å². The molecule has 0 saturated carbocycles. The highest BCUT2D eigenvalue weighted by atomic mass is 32.2. The van der Waals surface area contributed by atoms with Crippen LogP contribution in [0.2, 0.25) is 0 Å². The van der Waals surface area contributed by atoms with Crippen molar-refractivity contribution >= 4 is 34.1 Å². The average Bonchev–Trinajstić information content (AvgIpc) is 2.43. The molecule has 0 aliphatic rings. The molecule has 0 aliphatic heterocycles. The van der Waals surface area contributed by atoms with E-state index >= 15 is 0 Å². The molecule has 1 amide bonds. The van der Waals surface area contributed by atoms with Crippen LogP contribution in [0.1, 0.15) is 18.4 Å². The fourth-order valence-electron chi connectivity index (χ4n) is 2.06. The second kappa shape index (κ2) is 5.89. The first-order valence-corrected chi connectivity index (χ1v) is 6.90. The highest BCUT2D eigenvalue weighted by molar-refractivity contribution is 8.14. The van der Waals surface area contributed by atoms with Crippen molar-refractivity contribution in [3.05, 3.63) is 48.0 Å². The highest BCUT2D eigenvalue weighted by Crippen LogP contribution is 2.29. The van der Waals surface area contributed by atoms with Crippen LogP contribution in [0.3, 0.4) is 0 Å². The van der Waals surface area contributed by atoms with Gasteiger partial charge in [-0.15, -0.1) is 0 Å². The fourth-order valence-corrected chi connectivity index (χ4v) is 2.75. The Balaban J connectivity index is 2.31. The first kappa shape index (κ1) is 13.6. The molecule has 98 valence electrons. The van der Waals surface area contributed by atoms with Gasteiger partial charge in [-0.05, 0) is 16.3 Å². The van der Waals surface area contributed by atoms with Crippen LogP contribution in [-0.4, -0.2) is 16.8 Å². The molecule has 2 unspecified atom stereocenters. The molecule has 0 spiro atoms. The summed E-state index contributed by atoms with van der Waals surface area (Å²) >= 11 is 0.879. The Labute approximate surface area is 116 Å². The van der Waals surface area contributed by atoms with Crippen molar-refractivity contribution in [1.82, 2.24) is 0 Å². The lowest BCUT2D eigenvalue weighted by atomic mass is 9.95. The first-order chi connectivity index (χ1) is 9.11. The van der Waals surface area contributed by atoms with Crippen molar-refractivity contribution < 1.29 is 9.59 Å². The van der Waals surface area contributed by atoms with Gasteiger partial charge >= 0.3 is 0 Å². The number of nitrogens with two attached hydrogens (primary N) is 1. The van der Waals surface area contributed by atoms with Crippen LogP contribution in [0.5, 0.6) is 0 Å². The zero-order valence-corrected chi connectivity index (χ0v) is 11.4. The summed E-state index contributed by atoms with van der Waals surface area (Å²) in [6.07, 6.45) is 0.787. The summed E-state index contributed by atoms with van der Waals surface area (Å²) in [5.74, 6) is -0.0559. The van der Waals surface area contributed by atoms with E-state index in [2.05, 4.69) is 6.07 Å². The summed E-state index contributed by atoms with van der Waals surface area (Å²) in [7, 11) is 0. The minimum Gasteiger partial charge on any atom is -0.360 e. The van der Waals surface area contributed by atoms with Crippen LogP contribution in [0, 0.1) is 0 Å². The number of aldehydes is 1. The molecule has 0 saturated heterocycles. The Morgan fingerprint density at radius 1 is 1.21 bits per heavy atom. The number of carbonyl (C=O) groups is 2. The van der Waals surface area contributed by atoms with Gasteiger partial charge in [0.2, 0.25) is 0 Å². The zero-order chi connectivity index (χ0) is 13.8. The molecule has 2 rings (SSSR count). The highest BCUT2D eigenvalue weighted by Gasteiger charge is 2.21. The molecule has 2 aromatic rings. The van der Waals surface area contributed by atoms with Crippen molar-refractivity contribution in [2.75, 3.05) is 0 Å². The minimum absolute atomic E-state index is 0.0559. The Kier molecular flexibility index (Phi) is 4.22. The zero-order valence-electron chi connectivity index (χ0n) is 10.6. The molecule has 2 N–H and O–H groups in total. The molecule has 19 heavy (non-hydrogen) atoms. The molecule has 0 heterocycles. The van der Waals surface area contributed by atoms with E-state index in [4.69, 9.17) is 5.73 Å². The van der Waals surface area contributed by atoms with Crippen LogP contribution in [0.4, 0.5) is 4.79 Å². The van der Waals surface area contributed by atoms with Gasteiger partial charge in [-0.1, -0.05) is 61.2 Å². The summed E-state index contributed by atoms with van der Waals surface area (Å²) < 4.78 is 0. The maximum Gasteiger partial charge on any atom is 0.277 e. The van der Waals surface area contributed by atoms with Gasteiger partial charge in [-0.25, -0.2) is 0 Å². The summed E-state index contributed by atoms with van der Waals surface area (Å²) in [5.41, 5.74) is 6.17. The maximum absolute atomic E-state index is 11.1. The van der Waals surface area contributed by atoms with E-state index < -0.39 is 10.5 Å². The fraction of sp³-hybridized carbons (Fsp3) is 0.200. The van der Waals surface area contributed by atoms with E-state index in [1.807, 2.05) is 43.3 Å². The maximum atomic E-state index is 11.1. The number of hydrogen-bond donors (Lipinski definition) is 1. The molecular weight excluding hydrogens is 258 g/mol. The summed E-state index contributed by atoms with van der Waals surface area (Å²) in [5, 5.41) is 1.31. The van der Waals surface area contributed by atoms with Crippen molar-refractivity contribution in [2.45, 2.75) is 18.1 Å². The van der Waals surface area contributed by atoms with Gasteiger partial charge in [0.25, 0.3) is 5.24 Å². The normalized spacial score (nSPS) is 13.9. The molecule has 2 atom stereocenters. The summed E-state index contributed by atoms with van der Waals surface area (Å²) in [4.78, 5) is 22.0. The molecule has 2 aromatic carbocycles. The third-order valence-electron chi connectivity index (χ3n) is 3.18. The molecule has 3 nitrogen and oxygen atoms in total. The minimum atomic E-state index is -0.523. The number of primary amides is 1. The van der Waals surface area contributed by atoms with Crippen LogP contribution in [-0.2, 0) is 4.79 Å². The lowest BCUT2D eigenvalue weighted by molar-refractivity contribution is -0.107. The Morgan fingerprint density at radius 3 is 2.53 bits per heavy atom. The first-order valence-electron chi connectivity index (χ1n) is 6.02. The Morgan fingerprint density at radius 2 is 1.89 bits per heavy atom. The second-order valence-electron chi connectivity index (χ2n) is 4.43. The van der Waals surface area contributed by atoms with Gasteiger partial charge < -0.3 is 10.5 Å². The van der Waals surface area contributed by atoms with Gasteiger partial charge in [0, 0.05) is 5.92 Å². The van der Waals surface area contributed by atoms with Crippen LogP contribution >= 0.6 is 11.8 Å². The van der Waals surface area contributed by atoms with E-state index in [-0.39, 0.29) is 5.92 Å². The number of benzene rings is 2. The van der Waals surface area contributed by atoms with Crippen LogP contribution in [0.15, 0.2) is 42.5 Å². The van der Waals surface area contributed by atoms with Gasteiger partial charge in [0.05, 0.1) is 5.25 Å². The van der Waals surface area contributed by atoms with E-state index in [0.717, 1.165) is 34.4 Å². The Hall–Kier alpha value is -1.81. The molecule has 0 bridgehead atoms. The molecule has 0 radical (unpaired) electrons. The van der Waals surface area contributed by atoms with Crippen molar-refractivity contribution in [3.63, 3.8) is 0 Å². The van der Waals surface area contributed by atoms with E-state index in [9.17, 15) is 9.59 Å². The SMILES string of the molecule is CC(c1ccc2ccccc2c1)C(C=O)SC(N)=O. The number of amides is 1. The third-order valence-corrected chi connectivity index (χ3v) is 4.20. The van der Waals surface area contributed by atoms with E-state index in [1.165, 1.54) is 0 Å². The van der Waals surface area contributed by atoms with E-state index in [1.54, 1.807) is 0 Å². The predicted octanol–water partition coefficient (Wildman–Crippen LogP) is 3.32. The van der Waals surface area contributed by atoms with Gasteiger partial charge in [-0.3, -0.25) is 4.79 Å². The number of thioether (sulfide) groups is 1. The van der Waals surface area contributed by atoms with Crippen LogP contribution in [0.25, 0.3) is 10.8 Å². The summed E-state index contributed by atoms with van der Waals surface area (Å²) in [6, 6.07) is 14.1. The van der Waals surface area contributed by atoms with Crippen LogP contribution < -0.4 is 5.73 Å². The monoisotopic (exact) mass is 273 g/mol. The molecule has 0 aromatic heterocycles. The number of hydrogen-bond acceptors (Lipinski definition) is 3. The number of carbonyl (C=O) groups excluding carboxylic acids is 2. The number of fused-ring (bicyclic) bond motifs is 1. The predicted molar refractivity (Wildman–Crippen MR) is 79.4 cm³/mol. The standard InChI is InChI=1S/C15H15NO2S/c1-10(14(9-17)19-15(16)18)12-7-6-11-4-2-3-5-13(11)8-12/h2-10,14H,1H3,(H2,16,18). The molecule has 0 aliphatic carbocycles. The van der Waals surface area contributed by atoms with Crippen molar-refractivity contribution in [2.24, 2.45) is 5.73 Å². The molecule has 0 fully saturated rings. The van der Waals surface area contributed by atoms with Gasteiger partial charge in [-0.2, -0.15) is 0 Å². The smallest absolute Gasteiger partial charge is 0.277 e. The average molecular weight is 273 g/mol. The second-order valence-corrected chi connectivity index (χ2v) is 5.62. The van der Waals surface area contributed by atoms with Crippen molar-refractivity contribution in [3.8, 4) is 0 Å².